The maximum absolute atomic E-state index is 7.62. The molecule has 0 saturated carbocycles. The van der Waals surface area contributed by atoms with Gasteiger partial charge in [-0.25, -0.2) is 14.8 Å². The minimum absolute atomic E-state index is 0.557. The molecular formula is C42H22N6. The summed E-state index contributed by atoms with van der Waals surface area (Å²) in [5, 5.41) is 9.65. The van der Waals surface area contributed by atoms with Crippen LogP contribution in [0.25, 0.3) is 104 Å². The third kappa shape index (κ3) is 3.22. The van der Waals surface area contributed by atoms with Crippen LogP contribution in [0.15, 0.2) is 134 Å². The van der Waals surface area contributed by atoms with Crippen molar-refractivity contribution >= 4 is 87.4 Å². The number of hydrogen-bond donors (Lipinski definition) is 0. The first-order valence-electron chi connectivity index (χ1n) is 15.9. The van der Waals surface area contributed by atoms with E-state index in [9.17, 15) is 0 Å². The summed E-state index contributed by atoms with van der Waals surface area (Å²) in [7, 11) is 0. The second kappa shape index (κ2) is 9.12. The molecule has 5 aromatic heterocycles. The molecule has 0 amide bonds. The highest BCUT2D eigenvalue weighted by Crippen LogP contribution is 2.47. The van der Waals surface area contributed by atoms with Crippen LogP contribution in [0.3, 0.4) is 0 Å². The number of hydrogen-bond acceptors (Lipinski definition) is 3. The molecule has 11 aromatic rings. The topological polar surface area (TPSA) is 52.4 Å². The molecule has 0 N–H and O–H groups in total. The first-order chi connectivity index (χ1) is 23.8. The molecule has 48 heavy (non-hydrogen) atoms. The van der Waals surface area contributed by atoms with Gasteiger partial charge in [0.2, 0.25) is 5.95 Å². The number of benzene rings is 6. The Kier molecular flexibility index (Phi) is 4.82. The molecule has 0 spiro atoms. The Bertz CT molecular complexity index is 3200. The van der Waals surface area contributed by atoms with Gasteiger partial charge in [-0.05, 0) is 64.9 Å². The smallest absolute Gasteiger partial charge is 0.235 e. The number of aromatic nitrogens is 5. The Labute approximate surface area is 272 Å². The lowest BCUT2D eigenvalue weighted by Crippen LogP contribution is -2.04. The zero-order valence-corrected chi connectivity index (χ0v) is 25.4. The van der Waals surface area contributed by atoms with E-state index < -0.39 is 0 Å². The van der Waals surface area contributed by atoms with Crippen molar-refractivity contribution in [2.75, 3.05) is 0 Å². The number of pyridine rings is 1. The molecule has 0 unspecified atom stereocenters. The molecule has 6 aromatic carbocycles. The molecule has 0 atom stereocenters. The largest absolute Gasteiger partial charge is 0.308 e. The lowest BCUT2D eigenvalue weighted by molar-refractivity contribution is 1.01. The molecule has 220 valence electrons. The van der Waals surface area contributed by atoms with Gasteiger partial charge in [0.15, 0.2) is 5.69 Å². The van der Waals surface area contributed by atoms with Crippen molar-refractivity contribution in [3.8, 4) is 17.2 Å². The summed E-state index contributed by atoms with van der Waals surface area (Å²) in [5.74, 6) is 0.567. The monoisotopic (exact) mass is 610 g/mol. The molecule has 0 fully saturated rings. The molecule has 6 nitrogen and oxygen atoms in total. The molecular weight excluding hydrogens is 589 g/mol. The summed E-state index contributed by atoms with van der Waals surface area (Å²) in [6.07, 6.45) is 1.77. The number of rotatable bonds is 2. The van der Waals surface area contributed by atoms with Crippen LogP contribution in [0.2, 0.25) is 0 Å². The van der Waals surface area contributed by atoms with Crippen LogP contribution in [0.1, 0.15) is 0 Å². The molecule has 6 heteroatoms. The van der Waals surface area contributed by atoms with Crippen molar-refractivity contribution in [1.82, 2.24) is 23.9 Å². The SMILES string of the molecule is [C-]#[N+]c1cccc(-c2nc(-n3c4ccccc4c4c5c6cc7ccccc7cc6n6c7ccccc7c(cc43)c56)nc3cccnc23)c1. The van der Waals surface area contributed by atoms with Crippen molar-refractivity contribution < 1.29 is 0 Å². The molecule has 0 radical (unpaired) electrons. The highest BCUT2D eigenvalue weighted by atomic mass is 15.2. The second-order valence-electron chi connectivity index (χ2n) is 12.4. The quantitative estimate of drug-likeness (QED) is 0.183. The summed E-state index contributed by atoms with van der Waals surface area (Å²) in [5.41, 5.74) is 9.25. The predicted molar refractivity (Wildman–Crippen MR) is 196 cm³/mol. The van der Waals surface area contributed by atoms with Crippen LogP contribution in [0.4, 0.5) is 5.69 Å². The maximum Gasteiger partial charge on any atom is 0.235 e. The summed E-state index contributed by atoms with van der Waals surface area (Å²) in [4.78, 5) is 18.8. The molecule has 0 aliphatic heterocycles. The Balaban J connectivity index is 1.36. The van der Waals surface area contributed by atoms with E-state index in [2.05, 4.69) is 105 Å². The summed E-state index contributed by atoms with van der Waals surface area (Å²) in [6, 6.07) is 44.4. The minimum Gasteiger partial charge on any atom is -0.308 e. The minimum atomic E-state index is 0.557. The van der Waals surface area contributed by atoms with Gasteiger partial charge in [0.25, 0.3) is 0 Å². The Hall–Kier alpha value is -6.84. The average Bonchev–Trinajstić information content (AvgIpc) is 3.77. The molecule has 5 heterocycles. The van der Waals surface area contributed by atoms with E-state index in [1.54, 1.807) is 6.20 Å². The third-order valence-corrected chi connectivity index (χ3v) is 9.86. The van der Waals surface area contributed by atoms with Gasteiger partial charge < -0.3 is 4.40 Å². The number of nitrogens with zero attached hydrogens (tertiary/aromatic N) is 6. The molecule has 0 aliphatic rings. The number of para-hydroxylation sites is 2. The first kappa shape index (κ1) is 25.4. The molecule has 0 aliphatic carbocycles. The van der Waals surface area contributed by atoms with Gasteiger partial charge in [0, 0.05) is 38.5 Å². The van der Waals surface area contributed by atoms with Gasteiger partial charge >= 0.3 is 0 Å². The van der Waals surface area contributed by atoms with E-state index in [0.717, 1.165) is 27.5 Å². The lowest BCUT2D eigenvalue weighted by atomic mass is 10.0. The van der Waals surface area contributed by atoms with Gasteiger partial charge in [-0.15, -0.1) is 0 Å². The Morgan fingerprint density at radius 3 is 2.23 bits per heavy atom. The van der Waals surface area contributed by atoms with Crippen molar-refractivity contribution in [2.24, 2.45) is 0 Å². The fraction of sp³-hybridized carbons (Fsp3) is 0. The average molecular weight is 611 g/mol. The van der Waals surface area contributed by atoms with E-state index in [-0.39, 0.29) is 0 Å². The summed E-state index contributed by atoms with van der Waals surface area (Å²) < 4.78 is 4.66. The summed E-state index contributed by atoms with van der Waals surface area (Å²) in [6.45, 7) is 7.62. The van der Waals surface area contributed by atoms with Crippen LogP contribution >= 0.6 is 0 Å². The third-order valence-electron chi connectivity index (χ3n) is 9.86. The molecule has 0 saturated heterocycles. The van der Waals surface area contributed by atoms with E-state index in [1.807, 2.05) is 36.4 Å². The second-order valence-corrected chi connectivity index (χ2v) is 12.4. The molecule has 11 rings (SSSR count). The van der Waals surface area contributed by atoms with E-state index in [0.29, 0.717) is 22.8 Å². The van der Waals surface area contributed by atoms with Gasteiger partial charge in [-0.1, -0.05) is 78.9 Å². The van der Waals surface area contributed by atoms with Crippen molar-refractivity contribution in [3.63, 3.8) is 0 Å². The van der Waals surface area contributed by atoms with Crippen LogP contribution in [0.5, 0.6) is 0 Å². The van der Waals surface area contributed by atoms with Crippen LogP contribution < -0.4 is 0 Å². The van der Waals surface area contributed by atoms with Gasteiger partial charge in [-0.3, -0.25) is 9.55 Å². The van der Waals surface area contributed by atoms with Crippen LogP contribution in [-0.4, -0.2) is 23.9 Å². The maximum atomic E-state index is 7.62. The normalized spacial score (nSPS) is 12.1. The van der Waals surface area contributed by atoms with Crippen molar-refractivity contribution in [2.45, 2.75) is 0 Å². The first-order valence-corrected chi connectivity index (χ1v) is 15.9. The van der Waals surface area contributed by atoms with Crippen molar-refractivity contribution in [3.05, 3.63) is 145 Å². The zero-order chi connectivity index (χ0) is 31.5. The van der Waals surface area contributed by atoms with Gasteiger partial charge in [0.1, 0.15) is 11.2 Å². The van der Waals surface area contributed by atoms with Gasteiger partial charge in [-0.2, -0.15) is 0 Å². The standard InChI is InChI=1S/C42H22N6/c1-43-27-13-8-12-26(20-27)39-40-32(16-9-19-44-40)45-42(46-39)48-34-18-7-5-15-29(34)37-36(48)23-30-28-14-4-6-17-33(28)47-35-22-25-11-3-2-10-24(25)21-31(35)38(37)41(30)47/h2-23H. The van der Waals surface area contributed by atoms with E-state index in [1.165, 1.54) is 54.3 Å². The van der Waals surface area contributed by atoms with E-state index in [4.69, 9.17) is 21.5 Å². The Morgan fingerprint density at radius 1 is 0.562 bits per heavy atom. The molecule has 0 bridgehead atoms. The summed E-state index contributed by atoms with van der Waals surface area (Å²) >= 11 is 0. The van der Waals surface area contributed by atoms with Crippen LogP contribution in [0, 0.1) is 6.57 Å². The number of fused-ring (bicyclic) bond motifs is 12. The van der Waals surface area contributed by atoms with Crippen molar-refractivity contribution in [1.29, 1.82) is 0 Å². The van der Waals surface area contributed by atoms with Gasteiger partial charge in [0.05, 0.1) is 39.7 Å². The van der Waals surface area contributed by atoms with Crippen LogP contribution in [-0.2, 0) is 0 Å². The highest BCUT2D eigenvalue weighted by Gasteiger charge is 2.25. The van der Waals surface area contributed by atoms with E-state index >= 15 is 0 Å². The zero-order valence-electron chi connectivity index (χ0n) is 25.4. The fourth-order valence-electron chi connectivity index (χ4n) is 7.89. The highest BCUT2D eigenvalue weighted by molar-refractivity contribution is 6.36. The fourth-order valence-corrected chi connectivity index (χ4v) is 7.89. The predicted octanol–water partition coefficient (Wildman–Crippen LogP) is 10.6. The Morgan fingerprint density at radius 2 is 1.35 bits per heavy atom. The lowest BCUT2D eigenvalue weighted by Gasteiger charge is -2.11.